The molecule has 2 aromatic carbocycles. The van der Waals surface area contributed by atoms with Crippen molar-refractivity contribution in [3.05, 3.63) is 54.1 Å². The minimum atomic E-state index is -0.870. The molecule has 1 fully saturated rings. The number of carbonyl (C=O) groups is 2. The number of anilines is 3. The van der Waals surface area contributed by atoms with Crippen LogP contribution in [0.5, 0.6) is 0 Å². The van der Waals surface area contributed by atoms with Crippen molar-refractivity contribution in [2.75, 3.05) is 29.9 Å². The maximum Gasteiger partial charge on any atom is 0.321 e. The highest BCUT2D eigenvalue weighted by molar-refractivity contribution is 5.95. The lowest BCUT2D eigenvalue weighted by atomic mass is 9.90. The molecule has 2 aliphatic rings. The van der Waals surface area contributed by atoms with E-state index in [2.05, 4.69) is 22.3 Å². The molecule has 1 unspecified atom stereocenters. The van der Waals surface area contributed by atoms with Crippen LogP contribution >= 0.6 is 0 Å². The van der Waals surface area contributed by atoms with Gasteiger partial charge in [-0.05, 0) is 43.5 Å². The van der Waals surface area contributed by atoms with E-state index in [1.165, 1.54) is 11.3 Å². The van der Waals surface area contributed by atoms with Gasteiger partial charge in [-0.3, -0.25) is 4.79 Å². The molecule has 140 valence electrons. The molecule has 2 aliphatic heterocycles. The van der Waals surface area contributed by atoms with Gasteiger partial charge in [-0.25, -0.2) is 4.79 Å². The Morgan fingerprint density at radius 2 is 1.74 bits per heavy atom. The number of carboxylic acids is 1. The van der Waals surface area contributed by atoms with Gasteiger partial charge >= 0.3 is 12.0 Å². The fourth-order valence-corrected chi connectivity index (χ4v) is 3.91. The molecule has 2 N–H and O–H groups in total. The maximum atomic E-state index is 12.7. The number of carbonyl (C=O) groups excluding carboxylic acids is 1. The van der Waals surface area contributed by atoms with Crippen LogP contribution in [0.3, 0.4) is 0 Å². The summed E-state index contributed by atoms with van der Waals surface area (Å²) in [6, 6.07) is 15.8. The van der Waals surface area contributed by atoms with E-state index in [1.807, 2.05) is 36.4 Å². The van der Waals surface area contributed by atoms with E-state index in [0.29, 0.717) is 13.0 Å². The van der Waals surface area contributed by atoms with E-state index in [9.17, 15) is 14.7 Å². The monoisotopic (exact) mass is 365 g/mol. The molecular formula is C21H23N3O3. The second-order valence-corrected chi connectivity index (χ2v) is 7.52. The predicted octanol–water partition coefficient (Wildman–Crippen LogP) is 3.71. The molecule has 2 amide bonds. The molecule has 0 bridgehead atoms. The lowest BCUT2D eigenvalue weighted by Gasteiger charge is -2.25. The SMILES string of the molecule is CC1(C(=O)O)CCN(C(=O)Nc2ccccc2N2CCc3ccccc32)C1. The summed E-state index contributed by atoms with van der Waals surface area (Å²) in [4.78, 5) is 28.0. The van der Waals surface area contributed by atoms with Gasteiger partial charge in [0.15, 0.2) is 0 Å². The van der Waals surface area contributed by atoms with Crippen LogP contribution in [0.25, 0.3) is 0 Å². The molecule has 2 heterocycles. The van der Waals surface area contributed by atoms with Crippen LogP contribution in [0.15, 0.2) is 48.5 Å². The number of rotatable bonds is 3. The zero-order chi connectivity index (χ0) is 19.0. The topological polar surface area (TPSA) is 72.9 Å². The van der Waals surface area contributed by atoms with Crippen molar-refractivity contribution in [3.8, 4) is 0 Å². The molecule has 0 radical (unpaired) electrons. The number of urea groups is 1. The highest BCUT2D eigenvalue weighted by Crippen LogP contribution is 2.38. The van der Waals surface area contributed by atoms with Crippen LogP contribution in [0.4, 0.5) is 21.9 Å². The quantitative estimate of drug-likeness (QED) is 0.870. The van der Waals surface area contributed by atoms with Gasteiger partial charge in [-0.1, -0.05) is 30.3 Å². The Labute approximate surface area is 158 Å². The molecular weight excluding hydrogens is 342 g/mol. The second kappa shape index (κ2) is 6.61. The maximum absolute atomic E-state index is 12.7. The van der Waals surface area contributed by atoms with E-state index in [4.69, 9.17) is 0 Å². The summed E-state index contributed by atoms with van der Waals surface area (Å²) in [5.41, 5.74) is 3.29. The summed E-state index contributed by atoms with van der Waals surface area (Å²) in [5.74, 6) is -0.855. The number of hydrogen-bond acceptors (Lipinski definition) is 3. The molecule has 1 atom stereocenters. The van der Waals surface area contributed by atoms with Crippen LogP contribution in [0, 0.1) is 5.41 Å². The van der Waals surface area contributed by atoms with Crippen LogP contribution in [0.1, 0.15) is 18.9 Å². The van der Waals surface area contributed by atoms with Gasteiger partial charge in [0.25, 0.3) is 0 Å². The molecule has 1 saturated heterocycles. The van der Waals surface area contributed by atoms with Crippen molar-refractivity contribution < 1.29 is 14.7 Å². The first-order valence-corrected chi connectivity index (χ1v) is 9.22. The normalized spacial score (nSPS) is 21.2. The lowest BCUT2D eigenvalue weighted by molar-refractivity contribution is -0.146. The number of likely N-dealkylation sites (tertiary alicyclic amines) is 1. The van der Waals surface area contributed by atoms with E-state index < -0.39 is 11.4 Å². The zero-order valence-corrected chi connectivity index (χ0v) is 15.3. The number of carboxylic acid groups (broad SMARTS) is 1. The van der Waals surface area contributed by atoms with Gasteiger partial charge < -0.3 is 20.2 Å². The number of para-hydroxylation sites is 3. The number of amides is 2. The molecule has 4 rings (SSSR count). The summed E-state index contributed by atoms with van der Waals surface area (Å²) in [6.07, 6.45) is 1.44. The van der Waals surface area contributed by atoms with Crippen LogP contribution in [-0.2, 0) is 11.2 Å². The molecule has 0 saturated carbocycles. The number of nitrogens with one attached hydrogen (secondary N) is 1. The second-order valence-electron chi connectivity index (χ2n) is 7.52. The smallest absolute Gasteiger partial charge is 0.321 e. The zero-order valence-electron chi connectivity index (χ0n) is 15.3. The van der Waals surface area contributed by atoms with E-state index in [0.717, 1.165) is 24.3 Å². The lowest BCUT2D eigenvalue weighted by Crippen LogP contribution is -2.37. The minimum Gasteiger partial charge on any atom is -0.481 e. The molecule has 6 nitrogen and oxygen atoms in total. The van der Waals surface area contributed by atoms with Crippen molar-refractivity contribution in [1.82, 2.24) is 4.90 Å². The average Bonchev–Trinajstić information content (AvgIpc) is 3.27. The van der Waals surface area contributed by atoms with Gasteiger partial charge in [0.2, 0.25) is 0 Å². The Morgan fingerprint density at radius 1 is 1.04 bits per heavy atom. The number of hydrogen-bond donors (Lipinski definition) is 2. The first-order valence-electron chi connectivity index (χ1n) is 9.22. The number of nitrogens with zero attached hydrogens (tertiary/aromatic N) is 2. The Morgan fingerprint density at radius 3 is 2.48 bits per heavy atom. The molecule has 0 aromatic heterocycles. The van der Waals surface area contributed by atoms with Crippen LogP contribution < -0.4 is 10.2 Å². The fourth-order valence-electron chi connectivity index (χ4n) is 3.91. The third-order valence-corrected chi connectivity index (χ3v) is 5.60. The summed E-state index contributed by atoms with van der Waals surface area (Å²) >= 11 is 0. The molecule has 2 aromatic rings. The van der Waals surface area contributed by atoms with E-state index >= 15 is 0 Å². The Balaban J connectivity index is 1.55. The van der Waals surface area contributed by atoms with Crippen molar-refractivity contribution in [2.45, 2.75) is 19.8 Å². The first-order chi connectivity index (χ1) is 13.0. The minimum absolute atomic E-state index is 0.225. The largest absolute Gasteiger partial charge is 0.481 e. The van der Waals surface area contributed by atoms with Crippen molar-refractivity contribution in [1.29, 1.82) is 0 Å². The first kappa shape index (κ1) is 17.4. The number of benzene rings is 2. The standard InChI is InChI=1S/C21H23N3O3/c1-21(19(25)26)11-13-23(14-21)20(27)22-16-7-3-5-9-18(16)24-12-10-15-6-2-4-8-17(15)24/h2-9H,10-14H2,1H3,(H,22,27)(H,25,26). The third kappa shape index (κ3) is 3.12. The van der Waals surface area contributed by atoms with Crippen molar-refractivity contribution in [2.24, 2.45) is 5.41 Å². The Bertz CT molecular complexity index is 898. The number of aliphatic carboxylic acids is 1. The predicted molar refractivity (Wildman–Crippen MR) is 105 cm³/mol. The van der Waals surface area contributed by atoms with Crippen LogP contribution in [0.2, 0.25) is 0 Å². The van der Waals surface area contributed by atoms with Crippen molar-refractivity contribution in [3.63, 3.8) is 0 Å². The third-order valence-electron chi connectivity index (χ3n) is 5.60. The molecule has 0 aliphatic carbocycles. The summed E-state index contributed by atoms with van der Waals surface area (Å²) in [5, 5.41) is 12.4. The van der Waals surface area contributed by atoms with Gasteiger partial charge in [-0.2, -0.15) is 0 Å². The van der Waals surface area contributed by atoms with Gasteiger partial charge in [0, 0.05) is 25.3 Å². The van der Waals surface area contributed by atoms with E-state index in [1.54, 1.807) is 11.8 Å². The van der Waals surface area contributed by atoms with Crippen LogP contribution in [-0.4, -0.2) is 41.6 Å². The Hall–Kier alpha value is -3.02. The highest BCUT2D eigenvalue weighted by Gasteiger charge is 2.42. The molecule has 0 spiro atoms. The summed E-state index contributed by atoms with van der Waals surface area (Å²) in [6.45, 7) is 3.23. The molecule has 6 heteroatoms. The average molecular weight is 365 g/mol. The van der Waals surface area contributed by atoms with E-state index in [-0.39, 0.29) is 12.6 Å². The van der Waals surface area contributed by atoms with Gasteiger partial charge in [0.05, 0.1) is 16.8 Å². The Kier molecular flexibility index (Phi) is 4.26. The van der Waals surface area contributed by atoms with Crippen molar-refractivity contribution >= 4 is 29.1 Å². The van der Waals surface area contributed by atoms with Gasteiger partial charge in [0.1, 0.15) is 0 Å². The summed E-state index contributed by atoms with van der Waals surface area (Å²) in [7, 11) is 0. The summed E-state index contributed by atoms with van der Waals surface area (Å²) < 4.78 is 0. The fraction of sp³-hybridized carbons (Fsp3) is 0.333. The highest BCUT2D eigenvalue weighted by atomic mass is 16.4. The van der Waals surface area contributed by atoms with Gasteiger partial charge in [-0.15, -0.1) is 0 Å². The molecule has 27 heavy (non-hydrogen) atoms. The number of fused-ring (bicyclic) bond motifs is 1.